The summed E-state index contributed by atoms with van der Waals surface area (Å²) in [6, 6.07) is 7.68. The molecular weight excluding hydrogens is 434 g/mol. The minimum atomic E-state index is -0.604. The first-order chi connectivity index (χ1) is 16.4. The Balaban J connectivity index is 1.71. The van der Waals surface area contributed by atoms with Gasteiger partial charge < -0.3 is 30.1 Å². The highest BCUT2D eigenvalue weighted by Gasteiger charge is 2.26. The van der Waals surface area contributed by atoms with E-state index in [9.17, 15) is 10.2 Å². The highest BCUT2D eigenvalue weighted by atomic mass is 16.5. The molecule has 2 aromatic heterocycles. The monoisotopic (exact) mass is 467 g/mol. The van der Waals surface area contributed by atoms with E-state index in [0.29, 0.717) is 30.3 Å². The number of aromatic nitrogens is 3. The van der Waals surface area contributed by atoms with Crippen molar-refractivity contribution in [1.82, 2.24) is 20.4 Å². The van der Waals surface area contributed by atoms with Gasteiger partial charge in [0.15, 0.2) is 5.82 Å². The second-order valence-corrected chi connectivity index (χ2v) is 8.93. The number of anilines is 1. The molecule has 1 saturated carbocycles. The third kappa shape index (κ3) is 5.38. The number of hydrogen-bond acceptors (Lipinski definition) is 9. The van der Waals surface area contributed by atoms with Gasteiger partial charge >= 0.3 is 0 Å². The topological polar surface area (TPSA) is 126 Å². The summed E-state index contributed by atoms with van der Waals surface area (Å²) >= 11 is 0. The van der Waals surface area contributed by atoms with Gasteiger partial charge in [-0.3, -0.25) is 0 Å². The van der Waals surface area contributed by atoms with Crippen LogP contribution in [0.3, 0.4) is 0 Å². The van der Waals surface area contributed by atoms with Crippen LogP contribution in [-0.4, -0.2) is 63.8 Å². The van der Waals surface area contributed by atoms with Crippen molar-refractivity contribution in [3.05, 3.63) is 41.3 Å². The Morgan fingerprint density at radius 1 is 1.21 bits per heavy atom. The molecule has 0 aliphatic heterocycles. The van der Waals surface area contributed by atoms with Crippen LogP contribution in [0.4, 0.5) is 5.82 Å². The molecule has 1 aliphatic carbocycles. The number of hydrogen-bond donors (Lipinski definition) is 4. The molecule has 182 valence electrons. The van der Waals surface area contributed by atoms with Crippen LogP contribution in [0.25, 0.3) is 22.6 Å². The lowest BCUT2D eigenvalue weighted by Crippen LogP contribution is -2.29. The van der Waals surface area contributed by atoms with Crippen LogP contribution in [0.5, 0.6) is 5.75 Å². The van der Waals surface area contributed by atoms with Gasteiger partial charge in [0, 0.05) is 23.7 Å². The maximum absolute atomic E-state index is 9.98. The Labute approximate surface area is 199 Å². The number of nitrogens with zero attached hydrogens (tertiary/aromatic N) is 3. The number of aliphatic hydroxyl groups excluding tert-OH is 2. The number of aliphatic hydroxyl groups is 2. The molecule has 0 saturated heterocycles. The summed E-state index contributed by atoms with van der Waals surface area (Å²) < 4.78 is 11.2. The first-order valence-electron chi connectivity index (χ1n) is 11.7. The van der Waals surface area contributed by atoms with Gasteiger partial charge in [0.1, 0.15) is 30.0 Å². The van der Waals surface area contributed by atoms with Crippen molar-refractivity contribution >= 4 is 5.82 Å². The zero-order chi connectivity index (χ0) is 24.2. The SMILES string of the molecule is CNCC(O)COc1cccc(-c2nc(NC3CCC(O)C3)c(C)c(-c3c(C)noc3C)n2)c1. The average Bonchev–Trinajstić information content (AvgIpc) is 3.38. The lowest BCUT2D eigenvalue weighted by Gasteiger charge is -2.18. The molecule has 1 aromatic carbocycles. The van der Waals surface area contributed by atoms with Gasteiger partial charge in [0.25, 0.3) is 0 Å². The van der Waals surface area contributed by atoms with E-state index in [-0.39, 0.29) is 18.8 Å². The fourth-order valence-corrected chi connectivity index (χ4v) is 4.34. The zero-order valence-corrected chi connectivity index (χ0v) is 20.1. The Bertz CT molecular complexity index is 1110. The third-order valence-corrected chi connectivity index (χ3v) is 6.14. The molecule has 4 N–H and O–H groups in total. The summed E-state index contributed by atoms with van der Waals surface area (Å²) in [6.07, 6.45) is 1.47. The molecule has 0 bridgehead atoms. The molecule has 9 heteroatoms. The Hall–Kier alpha value is -3.01. The molecule has 2 heterocycles. The fraction of sp³-hybridized carbons (Fsp3) is 0.480. The number of likely N-dealkylation sites (N-methyl/N-ethyl adjacent to an activating group) is 1. The van der Waals surface area contributed by atoms with E-state index in [0.717, 1.165) is 46.7 Å². The molecule has 0 radical (unpaired) electrons. The van der Waals surface area contributed by atoms with Crippen molar-refractivity contribution in [1.29, 1.82) is 0 Å². The lowest BCUT2D eigenvalue weighted by molar-refractivity contribution is 0.108. The molecule has 4 rings (SSSR count). The minimum absolute atomic E-state index is 0.150. The highest BCUT2D eigenvalue weighted by molar-refractivity contribution is 5.74. The number of ether oxygens (including phenoxy) is 1. The van der Waals surface area contributed by atoms with Gasteiger partial charge in [0.05, 0.1) is 23.1 Å². The van der Waals surface area contributed by atoms with E-state index in [4.69, 9.17) is 19.2 Å². The van der Waals surface area contributed by atoms with E-state index < -0.39 is 6.10 Å². The number of benzene rings is 1. The van der Waals surface area contributed by atoms with Crippen molar-refractivity contribution < 1.29 is 19.5 Å². The van der Waals surface area contributed by atoms with Gasteiger partial charge in [-0.05, 0) is 59.2 Å². The Kier molecular flexibility index (Phi) is 7.45. The standard InChI is InChI=1S/C25H33N5O4/c1-14-23(22-15(2)30-34-16(22)3)28-25(29-24(14)27-18-8-9-19(31)11-18)17-6-5-7-21(10-17)33-13-20(32)12-26-4/h5-7,10,18-20,26,31-32H,8-9,11-13H2,1-4H3,(H,27,28,29). The van der Waals surface area contributed by atoms with Crippen LogP contribution < -0.4 is 15.4 Å². The number of aryl methyl sites for hydroxylation is 2. The van der Waals surface area contributed by atoms with Gasteiger partial charge in [-0.1, -0.05) is 17.3 Å². The Morgan fingerprint density at radius 3 is 2.71 bits per heavy atom. The van der Waals surface area contributed by atoms with E-state index in [1.165, 1.54) is 0 Å². The van der Waals surface area contributed by atoms with E-state index in [1.54, 1.807) is 7.05 Å². The fourth-order valence-electron chi connectivity index (χ4n) is 4.34. The van der Waals surface area contributed by atoms with Crippen molar-refractivity contribution in [2.45, 2.75) is 58.3 Å². The highest BCUT2D eigenvalue weighted by Crippen LogP contribution is 2.34. The summed E-state index contributed by atoms with van der Waals surface area (Å²) in [5.74, 6) is 2.60. The van der Waals surface area contributed by atoms with Crippen LogP contribution in [0.1, 0.15) is 36.3 Å². The molecule has 0 spiro atoms. The molecule has 3 unspecified atom stereocenters. The second kappa shape index (κ2) is 10.5. The predicted octanol–water partition coefficient (Wildman–Crippen LogP) is 3.01. The van der Waals surface area contributed by atoms with Gasteiger partial charge in [-0.25, -0.2) is 9.97 Å². The maximum Gasteiger partial charge on any atom is 0.162 e. The molecule has 34 heavy (non-hydrogen) atoms. The van der Waals surface area contributed by atoms with Crippen molar-refractivity contribution in [2.75, 3.05) is 25.5 Å². The van der Waals surface area contributed by atoms with E-state index >= 15 is 0 Å². The van der Waals surface area contributed by atoms with E-state index in [1.807, 2.05) is 45.0 Å². The molecule has 0 amide bonds. The first kappa shape index (κ1) is 24.1. The maximum atomic E-state index is 9.98. The van der Waals surface area contributed by atoms with Crippen molar-refractivity contribution in [3.63, 3.8) is 0 Å². The van der Waals surface area contributed by atoms with Crippen LogP contribution >= 0.6 is 0 Å². The molecule has 9 nitrogen and oxygen atoms in total. The van der Waals surface area contributed by atoms with Crippen LogP contribution in [0, 0.1) is 20.8 Å². The number of nitrogens with one attached hydrogen (secondary N) is 2. The number of rotatable bonds is 9. The summed E-state index contributed by atoms with van der Waals surface area (Å²) in [4.78, 5) is 9.76. The average molecular weight is 468 g/mol. The van der Waals surface area contributed by atoms with Crippen LogP contribution in [0.2, 0.25) is 0 Å². The summed E-state index contributed by atoms with van der Waals surface area (Å²) in [7, 11) is 1.78. The van der Waals surface area contributed by atoms with E-state index in [2.05, 4.69) is 15.8 Å². The zero-order valence-electron chi connectivity index (χ0n) is 20.1. The minimum Gasteiger partial charge on any atom is -0.491 e. The molecular formula is C25H33N5O4. The van der Waals surface area contributed by atoms with Crippen molar-refractivity contribution in [3.8, 4) is 28.4 Å². The lowest BCUT2D eigenvalue weighted by atomic mass is 10.0. The molecule has 1 fully saturated rings. The van der Waals surface area contributed by atoms with Gasteiger partial charge in [0.2, 0.25) is 0 Å². The molecule has 3 atom stereocenters. The Morgan fingerprint density at radius 2 is 2.03 bits per heavy atom. The summed E-state index contributed by atoms with van der Waals surface area (Å²) in [6.45, 7) is 6.40. The summed E-state index contributed by atoms with van der Waals surface area (Å²) in [5, 5.41) is 30.5. The second-order valence-electron chi connectivity index (χ2n) is 8.93. The van der Waals surface area contributed by atoms with Gasteiger partial charge in [-0.15, -0.1) is 0 Å². The third-order valence-electron chi connectivity index (χ3n) is 6.14. The van der Waals surface area contributed by atoms with Crippen LogP contribution in [0.15, 0.2) is 28.8 Å². The molecule has 3 aromatic rings. The van der Waals surface area contributed by atoms with Crippen molar-refractivity contribution in [2.24, 2.45) is 0 Å². The predicted molar refractivity (Wildman–Crippen MR) is 130 cm³/mol. The smallest absolute Gasteiger partial charge is 0.162 e. The quantitative estimate of drug-likeness (QED) is 0.376. The normalized spacial score (nSPS) is 18.8. The first-order valence-corrected chi connectivity index (χ1v) is 11.7. The largest absolute Gasteiger partial charge is 0.491 e. The molecule has 1 aliphatic rings. The van der Waals surface area contributed by atoms with Crippen LogP contribution in [-0.2, 0) is 0 Å². The van der Waals surface area contributed by atoms with Gasteiger partial charge in [-0.2, -0.15) is 0 Å². The summed E-state index contributed by atoms with van der Waals surface area (Å²) in [5.41, 5.74) is 4.09.